The van der Waals surface area contributed by atoms with Gasteiger partial charge in [-0.25, -0.2) is 0 Å². The third-order valence-electron chi connectivity index (χ3n) is 2.64. The molecular weight excluding hydrogens is 290 g/mol. The molecule has 0 aliphatic rings. The van der Waals surface area contributed by atoms with Crippen molar-refractivity contribution in [1.82, 2.24) is 15.0 Å². The number of nitrogens with one attached hydrogen (secondary N) is 1. The van der Waals surface area contributed by atoms with Gasteiger partial charge < -0.3 is 15.0 Å². The molecule has 0 aliphatic heterocycles. The van der Waals surface area contributed by atoms with Crippen molar-refractivity contribution in [2.45, 2.75) is 13.3 Å². The van der Waals surface area contributed by atoms with Crippen LogP contribution in [0.1, 0.15) is 13.3 Å². The van der Waals surface area contributed by atoms with Crippen LogP contribution in [-0.4, -0.2) is 35.7 Å². The Bertz CT molecular complexity index is 606. The predicted molar refractivity (Wildman–Crippen MR) is 84.7 cm³/mol. The summed E-state index contributed by atoms with van der Waals surface area (Å²) in [6.45, 7) is 2.55. The molecule has 0 spiro atoms. The number of anilines is 3. The number of halogens is 1. The molecule has 0 atom stereocenters. The minimum absolute atomic E-state index is 0.0994. The van der Waals surface area contributed by atoms with Crippen LogP contribution in [0, 0.1) is 0 Å². The quantitative estimate of drug-likeness (QED) is 0.884. The van der Waals surface area contributed by atoms with Gasteiger partial charge in [-0.15, -0.1) is 0 Å². The largest absolute Gasteiger partial charge is 0.463 e. The van der Waals surface area contributed by atoms with Gasteiger partial charge in [-0.3, -0.25) is 0 Å². The molecule has 1 heterocycles. The van der Waals surface area contributed by atoms with E-state index in [1.165, 1.54) is 0 Å². The minimum Gasteiger partial charge on any atom is -0.463 e. The fourth-order valence-corrected chi connectivity index (χ4v) is 1.79. The van der Waals surface area contributed by atoms with Crippen molar-refractivity contribution in [3.8, 4) is 6.01 Å². The van der Waals surface area contributed by atoms with Crippen molar-refractivity contribution in [3.05, 3.63) is 29.5 Å². The summed E-state index contributed by atoms with van der Waals surface area (Å²) < 4.78 is 5.38. The van der Waals surface area contributed by atoms with Crippen LogP contribution >= 0.6 is 11.6 Å². The monoisotopic (exact) mass is 307 g/mol. The van der Waals surface area contributed by atoms with Gasteiger partial charge in [-0.1, -0.05) is 13.0 Å². The number of nitrogens with zero attached hydrogens (tertiary/aromatic N) is 4. The number of rotatable bonds is 6. The highest BCUT2D eigenvalue weighted by atomic mass is 35.5. The molecule has 0 unspecified atom stereocenters. The second kappa shape index (κ2) is 7.08. The summed E-state index contributed by atoms with van der Waals surface area (Å²) in [6, 6.07) is 8.11. The number of ether oxygens (including phenoxy) is 1. The number of hydrogen-bond donors (Lipinski definition) is 1. The summed E-state index contributed by atoms with van der Waals surface area (Å²) in [5, 5.41) is 3.20. The van der Waals surface area contributed by atoms with Crippen LogP contribution in [-0.2, 0) is 0 Å². The van der Waals surface area contributed by atoms with Gasteiger partial charge in [0.15, 0.2) is 0 Å². The normalized spacial score (nSPS) is 10.3. The topological polar surface area (TPSA) is 63.2 Å². The van der Waals surface area contributed by atoms with Crippen LogP contribution in [0.25, 0.3) is 0 Å². The molecular formula is C14H18ClN5O. The van der Waals surface area contributed by atoms with E-state index in [-0.39, 0.29) is 11.3 Å². The fourth-order valence-electron chi connectivity index (χ4n) is 1.64. The van der Waals surface area contributed by atoms with E-state index in [4.69, 9.17) is 16.3 Å². The molecule has 0 amide bonds. The van der Waals surface area contributed by atoms with Crippen LogP contribution in [0.15, 0.2) is 24.3 Å². The van der Waals surface area contributed by atoms with Gasteiger partial charge in [0.2, 0.25) is 11.2 Å². The Hall–Kier alpha value is -2.08. The van der Waals surface area contributed by atoms with Crippen LogP contribution in [0.2, 0.25) is 5.28 Å². The van der Waals surface area contributed by atoms with Gasteiger partial charge in [0.1, 0.15) is 0 Å². The van der Waals surface area contributed by atoms with Gasteiger partial charge in [-0.2, -0.15) is 15.0 Å². The van der Waals surface area contributed by atoms with E-state index in [1.807, 2.05) is 50.2 Å². The third kappa shape index (κ3) is 4.46. The lowest BCUT2D eigenvalue weighted by atomic mass is 10.2. The van der Waals surface area contributed by atoms with Crippen LogP contribution in [0.3, 0.4) is 0 Å². The lowest BCUT2D eigenvalue weighted by Gasteiger charge is -2.14. The fraction of sp³-hybridized carbons (Fsp3) is 0.357. The SMILES string of the molecule is CCCOc1nc(Cl)nc(Nc2cccc(N(C)C)c2)n1. The van der Waals surface area contributed by atoms with E-state index >= 15 is 0 Å². The zero-order chi connectivity index (χ0) is 15.2. The number of aromatic nitrogens is 3. The average Bonchev–Trinajstić information content (AvgIpc) is 2.45. The van der Waals surface area contributed by atoms with Crippen molar-refractivity contribution in [2.75, 3.05) is 30.9 Å². The van der Waals surface area contributed by atoms with Crippen LogP contribution in [0.4, 0.5) is 17.3 Å². The Kier molecular flexibility index (Phi) is 5.16. The molecule has 0 saturated heterocycles. The van der Waals surface area contributed by atoms with E-state index in [9.17, 15) is 0 Å². The number of benzene rings is 1. The Morgan fingerprint density at radius 3 is 2.76 bits per heavy atom. The van der Waals surface area contributed by atoms with Crippen molar-refractivity contribution in [3.63, 3.8) is 0 Å². The molecule has 0 bridgehead atoms. The van der Waals surface area contributed by atoms with Crippen LogP contribution in [0.5, 0.6) is 6.01 Å². The summed E-state index contributed by atoms with van der Waals surface area (Å²) in [5.74, 6) is 0.358. The second-order valence-electron chi connectivity index (χ2n) is 4.63. The maximum absolute atomic E-state index is 5.89. The Labute approximate surface area is 129 Å². The average molecular weight is 308 g/mol. The van der Waals surface area contributed by atoms with E-state index < -0.39 is 0 Å². The molecule has 0 radical (unpaired) electrons. The van der Waals surface area contributed by atoms with Crippen molar-refractivity contribution >= 4 is 28.9 Å². The summed E-state index contributed by atoms with van der Waals surface area (Å²) >= 11 is 5.89. The second-order valence-corrected chi connectivity index (χ2v) is 4.97. The minimum atomic E-state index is 0.0994. The highest BCUT2D eigenvalue weighted by Crippen LogP contribution is 2.21. The molecule has 6 nitrogen and oxygen atoms in total. The molecule has 1 aromatic carbocycles. The standard InChI is InChI=1S/C14H18ClN5O/c1-4-8-21-14-18-12(15)17-13(19-14)16-10-6-5-7-11(9-10)20(2)3/h5-7,9H,4,8H2,1-3H3,(H,16,17,18,19). The lowest BCUT2D eigenvalue weighted by Crippen LogP contribution is -2.09. The molecule has 2 rings (SSSR count). The Balaban J connectivity index is 2.18. The first-order chi connectivity index (χ1) is 10.1. The van der Waals surface area contributed by atoms with E-state index in [0.29, 0.717) is 12.6 Å². The smallest absolute Gasteiger partial charge is 0.322 e. The molecule has 0 saturated carbocycles. The molecule has 0 fully saturated rings. The van der Waals surface area contributed by atoms with Gasteiger partial charge in [-0.05, 0) is 36.2 Å². The lowest BCUT2D eigenvalue weighted by molar-refractivity contribution is 0.292. The van der Waals surface area contributed by atoms with Gasteiger partial charge in [0.25, 0.3) is 0 Å². The molecule has 0 aliphatic carbocycles. The van der Waals surface area contributed by atoms with Crippen molar-refractivity contribution in [2.24, 2.45) is 0 Å². The molecule has 7 heteroatoms. The summed E-state index contributed by atoms with van der Waals surface area (Å²) in [6.07, 6.45) is 0.872. The first kappa shape index (κ1) is 15.3. The van der Waals surface area contributed by atoms with Gasteiger partial charge >= 0.3 is 6.01 Å². The molecule has 1 N–H and O–H groups in total. The van der Waals surface area contributed by atoms with E-state index in [2.05, 4.69) is 20.3 Å². The molecule has 21 heavy (non-hydrogen) atoms. The Morgan fingerprint density at radius 2 is 2.05 bits per heavy atom. The predicted octanol–water partition coefficient (Wildman–Crippen LogP) is 3.12. The maximum Gasteiger partial charge on any atom is 0.322 e. The summed E-state index contributed by atoms with van der Waals surface area (Å²) in [7, 11) is 3.96. The zero-order valence-corrected chi connectivity index (χ0v) is 13.1. The van der Waals surface area contributed by atoms with Gasteiger partial charge in [0.05, 0.1) is 6.61 Å². The van der Waals surface area contributed by atoms with E-state index in [1.54, 1.807) is 0 Å². The third-order valence-corrected chi connectivity index (χ3v) is 2.81. The molecule has 1 aromatic heterocycles. The van der Waals surface area contributed by atoms with Crippen molar-refractivity contribution in [1.29, 1.82) is 0 Å². The first-order valence-corrected chi connectivity index (χ1v) is 7.05. The van der Waals surface area contributed by atoms with Gasteiger partial charge in [0, 0.05) is 25.5 Å². The molecule has 2 aromatic rings. The summed E-state index contributed by atoms with van der Waals surface area (Å²) in [5.41, 5.74) is 1.94. The zero-order valence-electron chi connectivity index (χ0n) is 12.3. The van der Waals surface area contributed by atoms with Crippen molar-refractivity contribution < 1.29 is 4.74 Å². The number of hydrogen-bond acceptors (Lipinski definition) is 6. The Morgan fingerprint density at radius 1 is 1.24 bits per heavy atom. The van der Waals surface area contributed by atoms with E-state index in [0.717, 1.165) is 17.8 Å². The molecule has 112 valence electrons. The maximum atomic E-state index is 5.89. The van der Waals surface area contributed by atoms with Crippen LogP contribution < -0.4 is 15.0 Å². The highest BCUT2D eigenvalue weighted by Gasteiger charge is 2.07. The summed E-state index contributed by atoms with van der Waals surface area (Å²) in [4.78, 5) is 14.2. The first-order valence-electron chi connectivity index (χ1n) is 6.67. The highest BCUT2D eigenvalue weighted by molar-refractivity contribution is 6.28.